The van der Waals surface area contributed by atoms with Gasteiger partial charge < -0.3 is 9.64 Å². The van der Waals surface area contributed by atoms with Crippen molar-refractivity contribution in [2.24, 2.45) is 5.11 Å². The van der Waals surface area contributed by atoms with Gasteiger partial charge in [-0.3, -0.25) is 0 Å². The molecule has 0 aromatic rings. The molecule has 1 heterocycles. The molecule has 0 spiro atoms. The predicted molar refractivity (Wildman–Crippen MR) is 55.3 cm³/mol. The van der Waals surface area contributed by atoms with Gasteiger partial charge in [0.2, 0.25) is 0 Å². The lowest BCUT2D eigenvalue weighted by molar-refractivity contribution is 0.0544. The predicted octanol–water partition coefficient (Wildman–Crippen LogP) is 2.56. The maximum Gasteiger partial charge on any atom is 0.128 e. The lowest BCUT2D eigenvalue weighted by Gasteiger charge is -2.32. The van der Waals surface area contributed by atoms with Gasteiger partial charge in [0.15, 0.2) is 0 Å². The van der Waals surface area contributed by atoms with E-state index in [-0.39, 0.29) is 0 Å². The molecule has 1 aliphatic heterocycles. The van der Waals surface area contributed by atoms with Crippen LogP contribution in [-0.2, 0) is 4.74 Å². The van der Waals surface area contributed by atoms with Gasteiger partial charge in [-0.15, -0.1) is 0 Å². The van der Waals surface area contributed by atoms with Crippen molar-refractivity contribution in [2.45, 2.75) is 25.8 Å². The lowest BCUT2D eigenvalue weighted by Crippen LogP contribution is -2.35. The molecule has 14 heavy (non-hydrogen) atoms. The Morgan fingerprint density at radius 1 is 1.50 bits per heavy atom. The zero-order chi connectivity index (χ0) is 10.6. The highest BCUT2D eigenvalue weighted by Gasteiger charge is 2.20. The van der Waals surface area contributed by atoms with Crippen molar-refractivity contribution in [1.29, 1.82) is 5.53 Å². The molecule has 1 aliphatic rings. The Balaban J connectivity index is 2.63. The third-order valence-corrected chi connectivity index (χ3v) is 3.05. The standard InChI is InChI=1S/C9H16ClN3O/c1-7(12-11)9(10)13(2)8-3-5-14-6-4-8/h8,11H,3-6H2,1-2H3/b9-7-,12-11?. The van der Waals surface area contributed by atoms with E-state index in [0.29, 0.717) is 16.9 Å². The fraction of sp³-hybridized carbons (Fsp3) is 0.778. The molecule has 1 saturated heterocycles. The number of hydrogen-bond acceptors (Lipinski definition) is 4. The van der Waals surface area contributed by atoms with E-state index < -0.39 is 0 Å². The summed E-state index contributed by atoms with van der Waals surface area (Å²) in [6, 6.07) is 0.410. The summed E-state index contributed by atoms with van der Waals surface area (Å²) >= 11 is 6.07. The zero-order valence-corrected chi connectivity index (χ0v) is 9.34. The van der Waals surface area contributed by atoms with Crippen LogP contribution in [0.2, 0.25) is 0 Å². The van der Waals surface area contributed by atoms with Gasteiger partial charge in [-0.25, -0.2) is 5.53 Å². The van der Waals surface area contributed by atoms with Gasteiger partial charge in [0.25, 0.3) is 0 Å². The maximum absolute atomic E-state index is 6.88. The van der Waals surface area contributed by atoms with E-state index in [0.717, 1.165) is 26.1 Å². The molecule has 0 atom stereocenters. The number of ether oxygens (including phenoxy) is 1. The van der Waals surface area contributed by atoms with E-state index in [1.165, 1.54) is 0 Å². The third kappa shape index (κ3) is 2.69. The first-order valence-electron chi connectivity index (χ1n) is 4.71. The second kappa shape index (κ2) is 5.32. The van der Waals surface area contributed by atoms with Crippen molar-refractivity contribution in [2.75, 3.05) is 20.3 Å². The molecule has 0 saturated carbocycles. The first kappa shape index (κ1) is 11.5. The molecule has 0 unspecified atom stereocenters. The SMILES string of the molecule is C/C(N=N)=C(\Cl)N(C)C1CCOCC1. The Bertz CT molecular complexity index is 236. The highest BCUT2D eigenvalue weighted by atomic mass is 35.5. The molecule has 4 nitrogen and oxygen atoms in total. The van der Waals surface area contributed by atoms with Gasteiger partial charge in [0, 0.05) is 26.3 Å². The first-order valence-corrected chi connectivity index (χ1v) is 5.09. The minimum atomic E-state index is 0.410. The highest BCUT2D eigenvalue weighted by Crippen LogP contribution is 2.22. The van der Waals surface area contributed by atoms with E-state index in [1.54, 1.807) is 6.92 Å². The Morgan fingerprint density at radius 3 is 2.57 bits per heavy atom. The van der Waals surface area contributed by atoms with Gasteiger partial charge in [-0.05, 0) is 19.8 Å². The molecule has 0 amide bonds. The van der Waals surface area contributed by atoms with E-state index in [9.17, 15) is 0 Å². The van der Waals surface area contributed by atoms with E-state index in [2.05, 4.69) is 5.11 Å². The number of halogens is 1. The molecule has 1 fully saturated rings. The van der Waals surface area contributed by atoms with Gasteiger partial charge in [-0.2, -0.15) is 5.11 Å². The molecule has 5 heteroatoms. The average Bonchev–Trinajstić information content (AvgIpc) is 2.27. The van der Waals surface area contributed by atoms with Crippen LogP contribution in [-0.4, -0.2) is 31.2 Å². The summed E-state index contributed by atoms with van der Waals surface area (Å²) in [5.74, 6) is 0. The van der Waals surface area contributed by atoms with Crippen LogP contribution in [0.15, 0.2) is 16.0 Å². The molecule has 0 aromatic carbocycles. The Hall–Kier alpha value is -0.610. The molecule has 0 aromatic heterocycles. The molecule has 1 N–H and O–H groups in total. The Morgan fingerprint density at radius 2 is 2.07 bits per heavy atom. The van der Waals surface area contributed by atoms with E-state index in [4.69, 9.17) is 21.9 Å². The first-order chi connectivity index (χ1) is 6.66. The van der Waals surface area contributed by atoms with Crippen molar-refractivity contribution >= 4 is 11.6 Å². The van der Waals surface area contributed by atoms with Gasteiger partial charge in [0.05, 0.1) is 5.70 Å². The number of rotatable bonds is 3. The van der Waals surface area contributed by atoms with Crippen molar-refractivity contribution < 1.29 is 4.74 Å². The zero-order valence-electron chi connectivity index (χ0n) is 8.59. The van der Waals surface area contributed by atoms with Crippen LogP contribution in [0, 0.1) is 5.53 Å². The van der Waals surface area contributed by atoms with Crippen molar-refractivity contribution in [3.05, 3.63) is 10.9 Å². The average molecular weight is 218 g/mol. The topological polar surface area (TPSA) is 48.7 Å². The summed E-state index contributed by atoms with van der Waals surface area (Å²) < 4.78 is 5.27. The smallest absolute Gasteiger partial charge is 0.128 e. The third-order valence-electron chi connectivity index (χ3n) is 2.51. The van der Waals surface area contributed by atoms with Crippen molar-refractivity contribution in [3.8, 4) is 0 Å². The summed E-state index contributed by atoms with van der Waals surface area (Å²) in [7, 11) is 1.94. The van der Waals surface area contributed by atoms with E-state index >= 15 is 0 Å². The van der Waals surface area contributed by atoms with Crippen LogP contribution in [0.3, 0.4) is 0 Å². The molecule has 0 aliphatic carbocycles. The minimum absolute atomic E-state index is 0.410. The van der Waals surface area contributed by atoms with Crippen LogP contribution in [0.4, 0.5) is 0 Å². The minimum Gasteiger partial charge on any atom is -0.381 e. The molecule has 0 radical (unpaired) electrons. The molecule has 80 valence electrons. The van der Waals surface area contributed by atoms with Crippen molar-refractivity contribution in [3.63, 3.8) is 0 Å². The summed E-state index contributed by atoms with van der Waals surface area (Å²) in [5, 5.41) is 3.89. The fourth-order valence-electron chi connectivity index (χ4n) is 1.53. The second-order valence-corrected chi connectivity index (χ2v) is 3.80. The summed E-state index contributed by atoms with van der Waals surface area (Å²) in [5.41, 5.74) is 7.43. The summed E-state index contributed by atoms with van der Waals surface area (Å²) in [6.45, 7) is 3.32. The number of nitrogens with one attached hydrogen (secondary N) is 1. The molecular weight excluding hydrogens is 202 g/mol. The largest absolute Gasteiger partial charge is 0.381 e. The van der Waals surface area contributed by atoms with Crippen LogP contribution in [0.1, 0.15) is 19.8 Å². The van der Waals surface area contributed by atoms with Crippen LogP contribution in [0.5, 0.6) is 0 Å². The summed E-state index contributed by atoms with van der Waals surface area (Å²) in [6.07, 6.45) is 1.97. The van der Waals surface area contributed by atoms with Gasteiger partial charge in [-0.1, -0.05) is 11.6 Å². The lowest BCUT2D eigenvalue weighted by atomic mass is 10.1. The molecular formula is C9H16ClN3O. The maximum atomic E-state index is 6.88. The van der Waals surface area contributed by atoms with Gasteiger partial charge >= 0.3 is 0 Å². The number of allylic oxidation sites excluding steroid dienone is 1. The van der Waals surface area contributed by atoms with Crippen LogP contribution < -0.4 is 0 Å². The van der Waals surface area contributed by atoms with Crippen LogP contribution >= 0.6 is 11.6 Å². The monoisotopic (exact) mass is 217 g/mol. The van der Waals surface area contributed by atoms with E-state index in [1.807, 2.05) is 11.9 Å². The second-order valence-electron chi connectivity index (χ2n) is 3.44. The normalized spacial score (nSPS) is 20.2. The Labute approximate surface area is 89.4 Å². The number of hydrogen-bond donors (Lipinski definition) is 1. The van der Waals surface area contributed by atoms with Crippen molar-refractivity contribution in [1.82, 2.24) is 4.90 Å². The number of nitrogens with zero attached hydrogens (tertiary/aromatic N) is 2. The molecule has 1 rings (SSSR count). The molecule has 0 bridgehead atoms. The summed E-state index contributed by atoms with van der Waals surface area (Å²) in [4.78, 5) is 1.98. The Kier molecular flexibility index (Phi) is 4.35. The fourth-order valence-corrected chi connectivity index (χ4v) is 1.71. The van der Waals surface area contributed by atoms with Gasteiger partial charge in [0.1, 0.15) is 5.16 Å². The quantitative estimate of drug-likeness (QED) is 0.584. The van der Waals surface area contributed by atoms with Crippen LogP contribution in [0.25, 0.3) is 0 Å². The highest BCUT2D eigenvalue weighted by molar-refractivity contribution is 6.29.